The van der Waals surface area contributed by atoms with Crippen molar-refractivity contribution in [1.82, 2.24) is 44.0 Å². The quantitative estimate of drug-likeness (QED) is 0.103. The van der Waals surface area contributed by atoms with E-state index in [1.807, 2.05) is 59.0 Å². The highest BCUT2D eigenvalue weighted by Gasteiger charge is 2.08. The minimum Gasteiger partial charge on any atom is -0.465 e. The Morgan fingerprint density at radius 3 is 1.93 bits per heavy atom. The molecule has 0 aliphatic heterocycles. The molecule has 0 fully saturated rings. The Balaban J connectivity index is 0.000000175. The number of hydrogen-bond acceptors (Lipinski definition) is 12. The van der Waals surface area contributed by atoms with Gasteiger partial charge in [-0.15, -0.1) is 0 Å². The standard InChI is InChI=1S/2C10H11N3O2.C6H5N3.C4H7IO2/c1-2-15-9(14)6-13-7-12-10-8(13)4-3-5-11-10;1-2-15-9(14)6-13-7-12-8-4-3-5-11-10(8)13;1-2-5-6(7-3-1)9-4-8-5;1-2-7-4(6)3-5/h2*3-5,7H,2,6H2,1H3;1-4H,(H,7,8,9);2-3H2,1H3. The second-order valence-corrected chi connectivity index (χ2v) is 9.53. The number of hydrogen-bond donors (Lipinski definition) is 1. The van der Waals surface area contributed by atoms with E-state index in [1.165, 1.54) is 0 Å². The number of aromatic nitrogens is 9. The smallest absolute Gasteiger partial charge is 0.326 e. The second kappa shape index (κ2) is 19.4. The lowest BCUT2D eigenvalue weighted by molar-refractivity contribution is -0.144. The van der Waals surface area contributed by atoms with Crippen molar-refractivity contribution in [2.45, 2.75) is 33.9 Å². The number of halogens is 1. The molecule has 6 heterocycles. The number of carbonyl (C=O) groups is 3. The van der Waals surface area contributed by atoms with Gasteiger partial charge in [0, 0.05) is 18.6 Å². The highest BCUT2D eigenvalue weighted by molar-refractivity contribution is 14.1. The van der Waals surface area contributed by atoms with Crippen molar-refractivity contribution >= 4 is 74.0 Å². The predicted octanol–water partition coefficient (Wildman–Crippen LogP) is 3.93. The minimum atomic E-state index is -0.276. The summed E-state index contributed by atoms with van der Waals surface area (Å²) in [5.41, 5.74) is 4.72. The number of fused-ring (bicyclic) bond motifs is 3. The lowest BCUT2D eigenvalue weighted by Crippen LogP contribution is -2.12. The maximum Gasteiger partial charge on any atom is 0.326 e. The average Bonchev–Trinajstić information content (AvgIpc) is 3.82. The molecule has 0 amide bonds. The van der Waals surface area contributed by atoms with Crippen LogP contribution in [0.15, 0.2) is 74.0 Å². The van der Waals surface area contributed by atoms with E-state index in [0.29, 0.717) is 35.5 Å². The largest absolute Gasteiger partial charge is 0.465 e. The third kappa shape index (κ3) is 11.2. The van der Waals surface area contributed by atoms with Gasteiger partial charge in [-0.1, -0.05) is 22.6 Å². The van der Waals surface area contributed by atoms with Crippen LogP contribution in [0.5, 0.6) is 0 Å². The van der Waals surface area contributed by atoms with Crippen molar-refractivity contribution in [3.05, 3.63) is 74.0 Å². The number of imidazole rings is 3. The first-order valence-corrected chi connectivity index (χ1v) is 15.7. The van der Waals surface area contributed by atoms with Crippen LogP contribution in [0.25, 0.3) is 33.5 Å². The lowest BCUT2D eigenvalue weighted by Gasteiger charge is -2.03. The van der Waals surface area contributed by atoms with Gasteiger partial charge in [0.1, 0.15) is 18.6 Å². The van der Waals surface area contributed by atoms with Crippen LogP contribution in [0.1, 0.15) is 20.8 Å². The van der Waals surface area contributed by atoms with Crippen molar-refractivity contribution < 1.29 is 28.6 Å². The van der Waals surface area contributed by atoms with Crippen molar-refractivity contribution in [3.8, 4) is 0 Å². The van der Waals surface area contributed by atoms with Crippen LogP contribution in [0.2, 0.25) is 0 Å². The second-order valence-electron chi connectivity index (χ2n) is 8.76. The van der Waals surface area contributed by atoms with E-state index in [2.05, 4.69) is 39.6 Å². The van der Waals surface area contributed by atoms with Crippen LogP contribution in [0.3, 0.4) is 0 Å². The van der Waals surface area contributed by atoms with Crippen molar-refractivity contribution in [1.29, 1.82) is 0 Å². The number of ether oxygens (including phenoxy) is 3. The maximum absolute atomic E-state index is 11.3. The first-order chi connectivity index (χ1) is 22.4. The molecule has 0 spiro atoms. The Morgan fingerprint density at radius 2 is 1.28 bits per heavy atom. The molecule has 0 aromatic carbocycles. The molecule has 0 aliphatic rings. The molecule has 0 saturated carbocycles. The zero-order valence-corrected chi connectivity index (χ0v) is 27.7. The van der Waals surface area contributed by atoms with E-state index in [1.54, 1.807) is 67.5 Å². The summed E-state index contributed by atoms with van der Waals surface area (Å²) in [6.45, 7) is 6.96. The van der Waals surface area contributed by atoms with Gasteiger partial charge in [-0.25, -0.2) is 29.9 Å². The van der Waals surface area contributed by atoms with E-state index in [0.717, 1.165) is 22.2 Å². The number of esters is 3. The zero-order valence-electron chi connectivity index (χ0n) is 25.6. The Kier molecular flexibility index (Phi) is 15.0. The summed E-state index contributed by atoms with van der Waals surface area (Å²) >= 11 is 1.96. The molecule has 242 valence electrons. The average molecular weight is 744 g/mol. The molecule has 6 aromatic rings. The summed E-state index contributed by atoms with van der Waals surface area (Å²) in [5.74, 6) is -0.675. The molecule has 0 unspecified atom stereocenters. The zero-order chi connectivity index (χ0) is 33.1. The fourth-order valence-electron chi connectivity index (χ4n) is 3.70. The SMILES string of the molecule is CCOC(=O)CI.CCOC(=O)Cn1cnc2cccnc21.CCOC(=O)Cn1cnc2ncccc21.c1cnc2nc[nH]c2c1. The fraction of sp³-hybridized carbons (Fsp3) is 0.300. The number of rotatable bonds is 8. The van der Waals surface area contributed by atoms with E-state index in [9.17, 15) is 14.4 Å². The summed E-state index contributed by atoms with van der Waals surface area (Å²) in [4.78, 5) is 60.0. The Hall–Kier alpha value is -5.00. The maximum atomic E-state index is 11.3. The predicted molar refractivity (Wildman–Crippen MR) is 178 cm³/mol. The number of nitrogens with zero attached hydrogens (tertiary/aromatic N) is 8. The third-order valence-corrected chi connectivity index (χ3v) is 6.21. The van der Waals surface area contributed by atoms with Gasteiger partial charge >= 0.3 is 17.9 Å². The van der Waals surface area contributed by atoms with Crippen molar-refractivity contribution in [2.24, 2.45) is 0 Å². The minimum absolute atomic E-state index is 0.136. The van der Waals surface area contributed by atoms with Crippen LogP contribution in [-0.4, -0.2) is 86.2 Å². The molecule has 0 radical (unpaired) electrons. The number of aromatic amines is 1. The number of carbonyl (C=O) groups excluding carboxylic acids is 3. The van der Waals surface area contributed by atoms with Crippen LogP contribution in [-0.2, 0) is 41.7 Å². The number of alkyl halides is 1. The molecule has 46 heavy (non-hydrogen) atoms. The van der Waals surface area contributed by atoms with Crippen molar-refractivity contribution in [2.75, 3.05) is 24.2 Å². The highest BCUT2D eigenvalue weighted by atomic mass is 127. The van der Waals surface area contributed by atoms with Gasteiger partial charge in [0.25, 0.3) is 0 Å². The van der Waals surface area contributed by atoms with E-state index >= 15 is 0 Å². The fourth-order valence-corrected chi connectivity index (χ4v) is 3.92. The van der Waals surface area contributed by atoms with Gasteiger partial charge < -0.3 is 28.3 Å². The van der Waals surface area contributed by atoms with Gasteiger partial charge in [-0.05, 0) is 57.2 Å². The molecule has 0 bridgehead atoms. The molecule has 0 saturated heterocycles. The summed E-state index contributed by atoms with van der Waals surface area (Å²) < 4.78 is 18.1. The molecule has 0 aliphatic carbocycles. The third-order valence-electron chi connectivity index (χ3n) is 5.59. The Labute approximate surface area is 277 Å². The molecule has 1 N–H and O–H groups in total. The van der Waals surface area contributed by atoms with E-state index in [4.69, 9.17) is 9.47 Å². The lowest BCUT2D eigenvalue weighted by atomic mass is 10.4. The van der Waals surface area contributed by atoms with Crippen LogP contribution in [0.4, 0.5) is 0 Å². The monoisotopic (exact) mass is 743 g/mol. The number of H-pyrrole nitrogens is 1. The first kappa shape index (κ1) is 35.5. The summed E-state index contributed by atoms with van der Waals surface area (Å²) in [7, 11) is 0. The highest BCUT2D eigenvalue weighted by Crippen LogP contribution is 2.09. The van der Waals surface area contributed by atoms with Crippen LogP contribution >= 0.6 is 22.6 Å². The normalized spacial score (nSPS) is 10.1. The van der Waals surface area contributed by atoms with E-state index < -0.39 is 0 Å². The summed E-state index contributed by atoms with van der Waals surface area (Å²) in [6, 6.07) is 11.2. The summed E-state index contributed by atoms with van der Waals surface area (Å²) in [6.07, 6.45) is 9.89. The number of pyridine rings is 3. The number of nitrogens with one attached hydrogen (secondary N) is 1. The molecule has 0 atom stereocenters. The summed E-state index contributed by atoms with van der Waals surface area (Å²) in [5, 5.41) is 0. The van der Waals surface area contributed by atoms with Gasteiger partial charge in [-0.3, -0.25) is 14.4 Å². The van der Waals surface area contributed by atoms with Crippen molar-refractivity contribution in [3.63, 3.8) is 0 Å². The molecule has 6 aromatic heterocycles. The topological polar surface area (TPSA) is 182 Å². The molecular weight excluding hydrogens is 709 g/mol. The van der Waals surface area contributed by atoms with Gasteiger partial charge in [0.2, 0.25) is 0 Å². The van der Waals surface area contributed by atoms with Gasteiger partial charge in [0.15, 0.2) is 16.9 Å². The van der Waals surface area contributed by atoms with Crippen LogP contribution in [0, 0.1) is 0 Å². The van der Waals surface area contributed by atoms with Crippen LogP contribution < -0.4 is 0 Å². The Bertz CT molecular complexity index is 1700. The molecule has 15 nitrogen and oxygen atoms in total. The van der Waals surface area contributed by atoms with Gasteiger partial charge in [0.05, 0.1) is 54.3 Å². The molecule has 6 rings (SSSR count). The molecule has 16 heteroatoms. The van der Waals surface area contributed by atoms with Gasteiger partial charge in [-0.2, -0.15) is 0 Å². The van der Waals surface area contributed by atoms with E-state index in [-0.39, 0.29) is 31.0 Å². The Morgan fingerprint density at radius 1 is 0.696 bits per heavy atom. The molecular formula is C30H34IN9O6. The first-order valence-electron chi connectivity index (χ1n) is 14.2.